The van der Waals surface area contributed by atoms with E-state index in [0.717, 1.165) is 44.7 Å². The van der Waals surface area contributed by atoms with Crippen molar-refractivity contribution in [3.8, 4) is 0 Å². The monoisotopic (exact) mass is 291 g/mol. The molecule has 1 aromatic rings. The Labute approximate surface area is 125 Å². The number of amides is 1. The second kappa shape index (κ2) is 5.42. The number of nitrogens with two attached hydrogens (primary N) is 1. The topological polar surface area (TPSA) is 76.2 Å². The fourth-order valence-corrected chi connectivity index (χ4v) is 3.81. The zero-order valence-corrected chi connectivity index (χ0v) is 12.9. The Bertz CT molecular complexity index is 526. The predicted molar refractivity (Wildman–Crippen MR) is 80.5 cm³/mol. The van der Waals surface area contributed by atoms with Crippen molar-refractivity contribution in [2.75, 3.05) is 6.54 Å². The summed E-state index contributed by atoms with van der Waals surface area (Å²) in [4.78, 5) is 18.8. The second-order valence-electron chi connectivity index (χ2n) is 6.65. The summed E-state index contributed by atoms with van der Waals surface area (Å²) in [6.45, 7) is 7.00. The van der Waals surface area contributed by atoms with Gasteiger partial charge in [0.2, 0.25) is 5.91 Å². The van der Waals surface area contributed by atoms with Gasteiger partial charge in [-0.15, -0.1) is 0 Å². The Morgan fingerprint density at radius 1 is 1.52 bits per heavy atom. The maximum absolute atomic E-state index is 12.0. The highest BCUT2D eigenvalue weighted by Gasteiger charge is 2.46. The van der Waals surface area contributed by atoms with E-state index in [1.165, 1.54) is 0 Å². The van der Waals surface area contributed by atoms with Gasteiger partial charge in [-0.1, -0.05) is 0 Å². The third-order valence-corrected chi connectivity index (χ3v) is 4.82. The van der Waals surface area contributed by atoms with Crippen molar-refractivity contribution in [2.24, 2.45) is 5.73 Å². The van der Waals surface area contributed by atoms with Crippen LogP contribution in [0.5, 0.6) is 0 Å². The molecule has 2 atom stereocenters. The quantitative estimate of drug-likeness (QED) is 0.845. The summed E-state index contributed by atoms with van der Waals surface area (Å²) in [7, 11) is 0. The van der Waals surface area contributed by atoms with E-state index >= 15 is 0 Å². The van der Waals surface area contributed by atoms with E-state index < -0.39 is 5.54 Å². The van der Waals surface area contributed by atoms with Crippen LogP contribution >= 0.6 is 0 Å². The zero-order valence-electron chi connectivity index (χ0n) is 12.9. The highest BCUT2D eigenvalue weighted by atomic mass is 16.1. The van der Waals surface area contributed by atoms with Gasteiger partial charge in [-0.25, -0.2) is 4.98 Å². The summed E-state index contributed by atoms with van der Waals surface area (Å²) >= 11 is 0. The van der Waals surface area contributed by atoms with Crippen LogP contribution in [0.4, 0.5) is 0 Å². The average Bonchev–Trinajstić information content (AvgIpc) is 3.04. The number of aromatic nitrogens is 2. The fraction of sp³-hybridized carbons (Fsp3) is 0.733. The lowest BCUT2D eigenvalue weighted by atomic mass is 9.95. The number of carbonyl (C=O) groups is 1. The van der Waals surface area contributed by atoms with E-state index in [0.29, 0.717) is 6.04 Å². The molecule has 2 unspecified atom stereocenters. The summed E-state index contributed by atoms with van der Waals surface area (Å²) in [6, 6.07) is 0.672. The molecule has 0 aromatic carbocycles. The van der Waals surface area contributed by atoms with Crippen LogP contribution in [0.3, 0.4) is 0 Å². The maximum atomic E-state index is 12.0. The first-order chi connectivity index (χ1) is 10.00. The summed E-state index contributed by atoms with van der Waals surface area (Å²) in [5, 5.41) is 3.42. The molecule has 21 heavy (non-hydrogen) atoms. The molecule has 0 saturated heterocycles. The van der Waals surface area contributed by atoms with Gasteiger partial charge in [0, 0.05) is 37.6 Å². The standard InChI is InChI=1S/C15H25N5O/c1-11(2)18-15(14(16)21)4-3-12(9-15)20-8-7-19-6-5-17-13(19)10-20/h5-6,11-12,18H,3-4,7-10H2,1-2H3,(H2,16,21). The van der Waals surface area contributed by atoms with Gasteiger partial charge in [0.15, 0.2) is 0 Å². The van der Waals surface area contributed by atoms with E-state index in [9.17, 15) is 4.79 Å². The van der Waals surface area contributed by atoms with Crippen molar-refractivity contribution < 1.29 is 4.79 Å². The fourth-order valence-electron chi connectivity index (χ4n) is 3.81. The normalized spacial score (nSPS) is 29.8. The Morgan fingerprint density at radius 2 is 2.33 bits per heavy atom. The Hall–Kier alpha value is -1.40. The first kappa shape index (κ1) is 14.5. The molecule has 3 rings (SSSR count). The summed E-state index contributed by atoms with van der Waals surface area (Å²) < 4.78 is 2.21. The number of primary amides is 1. The average molecular weight is 291 g/mol. The third-order valence-electron chi connectivity index (χ3n) is 4.82. The van der Waals surface area contributed by atoms with Gasteiger partial charge in [0.1, 0.15) is 5.82 Å². The molecule has 3 N–H and O–H groups in total. The van der Waals surface area contributed by atoms with Crippen LogP contribution < -0.4 is 11.1 Å². The molecule has 0 spiro atoms. The number of rotatable bonds is 4. The minimum atomic E-state index is -0.536. The van der Waals surface area contributed by atoms with E-state index in [1.54, 1.807) is 0 Å². The zero-order chi connectivity index (χ0) is 15.0. The van der Waals surface area contributed by atoms with Crippen LogP contribution in [0.1, 0.15) is 38.9 Å². The first-order valence-corrected chi connectivity index (χ1v) is 7.82. The van der Waals surface area contributed by atoms with E-state index in [-0.39, 0.29) is 11.9 Å². The minimum absolute atomic E-state index is 0.211. The SMILES string of the molecule is CC(C)NC1(C(N)=O)CCC(N2CCn3ccnc3C2)C1. The van der Waals surface area contributed by atoms with Crippen LogP contribution in [0.15, 0.2) is 12.4 Å². The Morgan fingerprint density at radius 3 is 3.05 bits per heavy atom. The highest BCUT2D eigenvalue weighted by Crippen LogP contribution is 2.34. The third kappa shape index (κ3) is 2.70. The minimum Gasteiger partial charge on any atom is -0.368 e. The lowest BCUT2D eigenvalue weighted by molar-refractivity contribution is -0.124. The molecule has 1 aliphatic carbocycles. The van der Waals surface area contributed by atoms with Gasteiger partial charge in [-0.2, -0.15) is 0 Å². The van der Waals surface area contributed by atoms with Crippen LogP contribution in [0.2, 0.25) is 0 Å². The van der Waals surface area contributed by atoms with Crippen LogP contribution in [-0.4, -0.2) is 44.5 Å². The number of hydrogen-bond acceptors (Lipinski definition) is 4. The predicted octanol–water partition coefficient (Wildman–Crippen LogP) is 0.473. The van der Waals surface area contributed by atoms with Crippen LogP contribution in [0, 0.1) is 0 Å². The lowest BCUT2D eigenvalue weighted by Gasteiger charge is -2.35. The molecule has 0 radical (unpaired) electrons. The molecule has 2 aliphatic rings. The molecule has 2 heterocycles. The van der Waals surface area contributed by atoms with Crippen LogP contribution in [0.25, 0.3) is 0 Å². The first-order valence-electron chi connectivity index (χ1n) is 7.82. The molecular formula is C15H25N5O. The number of imidazole rings is 1. The Kier molecular flexibility index (Phi) is 3.75. The number of carbonyl (C=O) groups excluding carboxylic acids is 1. The summed E-state index contributed by atoms with van der Waals surface area (Å²) in [5.41, 5.74) is 5.16. The number of fused-ring (bicyclic) bond motifs is 1. The van der Waals surface area contributed by atoms with Gasteiger partial charge in [0.05, 0.1) is 12.1 Å². The number of hydrogen-bond donors (Lipinski definition) is 2. The van der Waals surface area contributed by atoms with Crippen molar-refractivity contribution in [2.45, 2.75) is 63.8 Å². The van der Waals surface area contributed by atoms with Crippen LogP contribution in [-0.2, 0) is 17.9 Å². The van der Waals surface area contributed by atoms with E-state index in [4.69, 9.17) is 5.73 Å². The molecule has 6 nitrogen and oxygen atoms in total. The maximum Gasteiger partial charge on any atom is 0.237 e. The van der Waals surface area contributed by atoms with Gasteiger partial charge >= 0.3 is 0 Å². The second-order valence-corrected chi connectivity index (χ2v) is 6.65. The van der Waals surface area contributed by atoms with Crippen molar-refractivity contribution in [1.29, 1.82) is 0 Å². The van der Waals surface area contributed by atoms with Crippen molar-refractivity contribution >= 4 is 5.91 Å². The van der Waals surface area contributed by atoms with Gasteiger partial charge in [-0.05, 0) is 33.1 Å². The molecule has 116 valence electrons. The smallest absolute Gasteiger partial charge is 0.237 e. The molecule has 1 aliphatic heterocycles. The molecule has 1 fully saturated rings. The van der Waals surface area contributed by atoms with E-state index in [2.05, 4.69) is 33.6 Å². The highest BCUT2D eigenvalue weighted by molar-refractivity contribution is 5.85. The van der Waals surface area contributed by atoms with Gasteiger partial charge < -0.3 is 15.6 Å². The van der Waals surface area contributed by atoms with Crippen molar-refractivity contribution in [3.63, 3.8) is 0 Å². The molecule has 1 aromatic heterocycles. The Balaban J connectivity index is 1.70. The molecule has 6 heteroatoms. The van der Waals surface area contributed by atoms with Gasteiger partial charge in [-0.3, -0.25) is 9.69 Å². The van der Waals surface area contributed by atoms with Crippen molar-refractivity contribution in [1.82, 2.24) is 19.8 Å². The summed E-state index contributed by atoms with van der Waals surface area (Å²) in [5.74, 6) is 0.909. The largest absolute Gasteiger partial charge is 0.368 e. The molecular weight excluding hydrogens is 266 g/mol. The molecule has 1 amide bonds. The summed E-state index contributed by atoms with van der Waals surface area (Å²) in [6.07, 6.45) is 6.55. The lowest BCUT2D eigenvalue weighted by Crippen LogP contribution is -2.57. The molecule has 1 saturated carbocycles. The number of nitrogens with zero attached hydrogens (tertiary/aromatic N) is 3. The van der Waals surface area contributed by atoms with E-state index in [1.807, 2.05) is 12.4 Å². The van der Waals surface area contributed by atoms with Gasteiger partial charge in [0.25, 0.3) is 0 Å². The van der Waals surface area contributed by atoms with Crippen molar-refractivity contribution in [3.05, 3.63) is 18.2 Å². The number of nitrogens with one attached hydrogen (secondary N) is 1. The molecule has 0 bridgehead atoms.